The third-order valence-electron chi connectivity index (χ3n) is 2.82. The zero-order chi connectivity index (χ0) is 14.4. The summed E-state index contributed by atoms with van der Waals surface area (Å²) in [6, 6.07) is 7.54. The lowest BCUT2D eigenvalue weighted by Gasteiger charge is -2.06. The Morgan fingerprint density at radius 1 is 1.30 bits per heavy atom. The van der Waals surface area contributed by atoms with Crippen LogP contribution in [-0.4, -0.2) is 17.4 Å². The Balaban J connectivity index is 1.88. The van der Waals surface area contributed by atoms with Gasteiger partial charge in [-0.25, -0.2) is 4.98 Å². The lowest BCUT2D eigenvalue weighted by Crippen LogP contribution is -2.22. The van der Waals surface area contributed by atoms with Crippen LogP contribution in [0.1, 0.15) is 33.6 Å². The number of hydrogen-bond acceptors (Lipinski definition) is 4. The van der Waals surface area contributed by atoms with Crippen molar-refractivity contribution < 1.29 is 4.79 Å². The van der Waals surface area contributed by atoms with Gasteiger partial charge in [-0.2, -0.15) is 0 Å². The van der Waals surface area contributed by atoms with Crippen LogP contribution in [0.4, 0.5) is 5.69 Å². The summed E-state index contributed by atoms with van der Waals surface area (Å²) in [6.45, 7) is 5.55. The zero-order valence-corrected chi connectivity index (χ0v) is 12.6. The second-order valence-electron chi connectivity index (χ2n) is 4.53. The van der Waals surface area contributed by atoms with E-state index < -0.39 is 0 Å². The molecular formula is C15H19N3OS. The number of benzene rings is 1. The van der Waals surface area contributed by atoms with E-state index in [4.69, 9.17) is 0 Å². The van der Waals surface area contributed by atoms with Crippen LogP contribution in [0, 0.1) is 6.92 Å². The van der Waals surface area contributed by atoms with Crippen molar-refractivity contribution in [3.8, 4) is 0 Å². The molecular weight excluding hydrogens is 270 g/mol. The van der Waals surface area contributed by atoms with Crippen LogP contribution in [0.2, 0.25) is 0 Å². The summed E-state index contributed by atoms with van der Waals surface area (Å²) in [4.78, 5) is 17.2. The van der Waals surface area contributed by atoms with Crippen molar-refractivity contribution in [2.75, 3.05) is 11.9 Å². The quantitative estimate of drug-likeness (QED) is 0.858. The van der Waals surface area contributed by atoms with Gasteiger partial charge in [-0.15, -0.1) is 11.3 Å². The average Bonchev–Trinajstić information content (AvgIpc) is 2.89. The summed E-state index contributed by atoms with van der Waals surface area (Å²) in [6.07, 6.45) is 2.88. The maximum Gasteiger partial charge on any atom is 0.251 e. The number of amides is 1. The lowest BCUT2D eigenvalue weighted by molar-refractivity contribution is 0.0951. The minimum Gasteiger partial charge on any atom is -0.385 e. The van der Waals surface area contributed by atoms with E-state index in [0.29, 0.717) is 12.1 Å². The maximum absolute atomic E-state index is 12.0. The minimum absolute atomic E-state index is 0.0573. The second-order valence-corrected chi connectivity index (χ2v) is 5.85. The molecule has 0 saturated heterocycles. The van der Waals surface area contributed by atoms with E-state index in [9.17, 15) is 4.79 Å². The van der Waals surface area contributed by atoms with Crippen LogP contribution in [0.25, 0.3) is 0 Å². The van der Waals surface area contributed by atoms with Gasteiger partial charge >= 0.3 is 0 Å². The zero-order valence-electron chi connectivity index (χ0n) is 11.8. The molecule has 0 aliphatic rings. The summed E-state index contributed by atoms with van der Waals surface area (Å²) < 4.78 is 0. The van der Waals surface area contributed by atoms with Gasteiger partial charge in [0.05, 0.1) is 11.6 Å². The van der Waals surface area contributed by atoms with E-state index in [2.05, 4.69) is 22.5 Å². The molecule has 0 atom stereocenters. The van der Waals surface area contributed by atoms with E-state index in [-0.39, 0.29) is 5.91 Å². The smallest absolute Gasteiger partial charge is 0.251 e. The number of rotatable bonds is 6. The van der Waals surface area contributed by atoms with Crippen LogP contribution >= 0.6 is 11.3 Å². The standard InChI is InChI=1S/C15H19N3OS/c1-3-8-16-13-6-4-12(5-7-13)15(19)18-10-14-9-17-11(2)20-14/h4-7,9,16H,3,8,10H2,1-2H3,(H,18,19). The fourth-order valence-corrected chi connectivity index (χ4v) is 2.50. The highest BCUT2D eigenvalue weighted by atomic mass is 32.1. The lowest BCUT2D eigenvalue weighted by atomic mass is 10.2. The number of thiazole rings is 1. The van der Waals surface area contributed by atoms with Crippen molar-refractivity contribution in [2.45, 2.75) is 26.8 Å². The fraction of sp³-hybridized carbons (Fsp3) is 0.333. The van der Waals surface area contributed by atoms with Crippen molar-refractivity contribution in [3.05, 3.63) is 45.9 Å². The van der Waals surface area contributed by atoms with Gasteiger partial charge in [-0.05, 0) is 37.6 Å². The molecule has 0 saturated carbocycles. The number of carbonyl (C=O) groups is 1. The molecule has 106 valence electrons. The highest BCUT2D eigenvalue weighted by molar-refractivity contribution is 7.11. The predicted octanol–water partition coefficient (Wildman–Crippen LogP) is 3.20. The number of hydrogen-bond donors (Lipinski definition) is 2. The van der Waals surface area contributed by atoms with Crippen molar-refractivity contribution in [1.82, 2.24) is 10.3 Å². The first-order chi connectivity index (χ1) is 9.69. The Kier molecular flexibility index (Phi) is 5.12. The molecule has 1 aromatic carbocycles. The molecule has 2 rings (SSSR count). The Morgan fingerprint density at radius 3 is 2.65 bits per heavy atom. The number of nitrogens with one attached hydrogen (secondary N) is 2. The number of anilines is 1. The van der Waals surface area contributed by atoms with Crippen LogP contribution in [0.5, 0.6) is 0 Å². The van der Waals surface area contributed by atoms with Gasteiger partial charge in [0.25, 0.3) is 5.91 Å². The van der Waals surface area contributed by atoms with E-state index in [1.807, 2.05) is 31.2 Å². The third-order valence-corrected chi connectivity index (χ3v) is 3.73. The van der Waals surface area contributed by atoms with Gasteiger partial charge in [0.2, 0.25) is 0 Å². The minimum atomic E-state index is -0.0573. The van der Waals surface area contributed by atoms with Gasteiger partial charge in [-0.1, -0.05) is 6.92 Å². The molecule has 0 fully saturated rings. The highest BCUT2D eigenvalue weighted by Crippen LogP contribution is 2.12. The summed E-state index contributed by atoms with van der Waals surface area (Å²) in [7, 11) is 0. The van der Waals surface area contributed by atoms with Crippen molar-refractivity contribution >= 4 is 22.9 Å². The molecule has 0 radical (unpaired) electrons. The first-order valence-electron chi connectivity index (χ1n) is 6.72. The Hall–Kier alpha value is -1.88. The molecule has 1 amide bonds. The average molecular weight is 289 g/mol. The SMILES string of the molecule is CCCNc1ccc(C(=O)NCc2cnc(C)s2)cc1. The summed E-state index contributed by atoms with van der Waals surface area (Å²) in [5.74, 6) is -0.0573. The Bertz CT molecular complexity index is 563. The number of aryl methyl sites for hydroxylation is 1. The van der Waals surface area contributed by atoms with Crippen molar-refractivity contribution in [3.63, 3.8) is 0 Å². The van der Waals surface area contributed by atoms with Gasteiger partial charge in [-0.3, -0.25) is 4.79 Å². The van der Waals surface area contributed by atoms with Gasteiger partial charge < -0.3 is 10.6 Å². The monoisotopic (exact) mass is 289 g/mol. The number of carbonyl (C=O) groups excluding carboxylic acids is 1. The first-order valence-corrected chi connectivity index (χ1v) is 7.54. The predicted molar refractivity (Wildman–Crippen MR) is 83.2 cm³/mol. The van der Waals surface area contributed by atoms with Gasteiger partial charge in [0.1, 0.15) is 0 Å². The molecule has 0 unspecified atom stereocenters. The van der Waals surface area contributed by atoms with E-state index in [1.54, 1.807) is 17.5 Å². The Morgan fingerprint density at radius 2 is 2.05 bits per heavy atom. The van der Waals surface area contributed by atoms with Crippen LogP contribution in [-0.2, 0) is 6.54 Å². The molecule has 20 heavy (non-hydrogen) atoms. The summed E-state index contributed by atoms with van der Waals surface area (Å²) in [5.41, 5.74) is 1.72. The van der Waals surface area contributed by atoms with E-state index in [0.717, 1.165) is 28.5 Å². The normalized spacial score (nSPS) is 10.3. The molecule has 2 aromatic rings. The molecule has 0 aliphatic carbocycles. The largest absolute Gasteiger partial charge is 0.385 e. The van der Waals surface area contributed by atoms with E-state index in [1.165, 1.54) is 0 Å². The topological polar surface area (TPSA) is 54.0 Å². The van der Waals surface area contributed by atoms with Crippen LogP contribution < -0.4 is 10.6 Å². The second kappa shape index (κ2) is 7.05. The summed E-state index contributed by atoms with van der Waals surface area (Å²) in [5, 5.41) is 7.20. The molecule has 2 N–H and O–H groups in total. The van der Waals surface area contributed by atoms with Crippen molar-refractivity contribution in [2.24, 2.45) is 0 Å². The fourth-order valence-electron chi connectivity index (χ4n) is 1.77. The molecule has 5 heteroatoms. The molecule has 0 bridgehead atoms. The third kappa shape index (κ3) is 4.06. The first kappa shape index (κ1) is 14.5. The number of nitrogens with zero attached hydrogens (tertiary/aromatic N) is 1. The van der Waals surface area contributed by atoms with E-state index >= 15 is 0 Å². The molecule has 1 aromatic heterocycles. The molecule has 1 heterocycles. The highest BCUT2D eigenvalue weighted by Gasteiger charge is 2.06. The maximum atomic E-state index is 12.0. The van der Waals surface area contributed by atoms with Gasteiger partial charge in [0.15, 0.2) is 0 Å². The Labute approximate surface area is 123 Å². The molecule has 4 nitrogen and oxygen atoms in total. The van der Waals surface area contributed by atoms with Crippen molar-refractivity contribution in [1.29, 1.82) is 0 Å². The summed E-state index contributed by atoms with van der Waals surface area (Å²) >= 11 is 1.60. The molecule has 0 spiro atoms. The number of aromatic nitrogens is 1. The molecule has 0 aliphatic heterocycles. The van der Waals surface area contributed by atoms with Crippen LogP contribution in [0.15, 0.2) is 30.5 Å². The van der Waals surface area contributed by atoms with Gasteiger partial charge in [0, 0.05) is 28.9 Å². The van der Waals surface area contributed by atoms with Crippen LogP contribution in [0.3, 0.4) is 0 Å².